The van der Waals surface area contributed by atoms with Crippen molar-refractivity contribution in [2.24, 2.45) is 0 Å². The van der Waals surface area contributed by atoms with Crippen LogP contribution in [0, 0.1) is 0 Å². The van der Waals surface area contributed by atoms with Crippen LogP contribution in [0.5, 0.6) is 0 Å². The van der Waals surface area contributed by atoms with E-state index in [2.05, 4.69) is 194 Å². The normalized spacial score (nSPS) is 12.5. The molecule has 4 nitrogen and oxygen atoms in total. The average Bonchev–Trinajstić information content (AvgIpc) is 3.77. The van der Waals surface area contributed by atoms with Crippen LogP contribution in [0.2, 0.25) is 0 Å². The van der Waals surface area contributed by atoms with E-state index in [1.165, 1.54) is 65.5 Å². The van der Waals surface area contributed by atoms with Gasteiger partial charge in [-0.3, -0.25) is 0 Å². The first-order valence-electron chi connectivity index (χ1n) is 22.4. The molecule has 0 saturated heterocycles. The molecule has 65 heavy (non-hydrogen) atoms. The number of hydrogen-bond acceptors (Lipinski definition) is 4. The lowest BCUT2D eigenvalue weighted by molar-refractivity contribution is 0.622. The molecule has 14 rings (SSSR count). The van der Waals surface area contributed by atoms with E-state index < -0.39 is 0 Å². The molecule has 0 aliphatic heterocycles. The SMILES string of the molecule is c1ccc(-c2ccc3ccc4ccc(-c5ccc6c7ccc(-c8ccc(-c9nc%10ccccc%10c%10c9CCc9c-%10oc%10ccccc9%10)cc8)cc7c7ccccc7c6c5)nc4c3n2)cc1. The fraction of sp³-hybridized carbons (Fsp3) is 0.0328. The van der Waals surface area contributed by atoms with Crippen LogP contribution in [0.4, 0.5) is 0 Å². The maximum absolute atomic E-state index is 6.62. The third-order valence-corrected chi connectivity index (χ3v) is 13.8. The number of furan rings is 1. The van der Waals surface area contributed by atoms with Gasteiger partial charge in [0.25, 0.3) is 0 Å². The van der Waals surface area contributed by atoms with Gasteiger partial charge in [-0.25, -0.2) is 15.0 Å². The van der Waals surface area contributed by atoms with Crippen LogP contribution >= 0.6 is 0 Å². The Balaban J connectivity index is 0.855. The zero-order valence-corrected chi connectivity index (χ0v) is 35.2. The van der Waals surface area contributed by atoms with E-state index in [4.69, 9.17) is 19.4 Å². The molecule has 1 aliphatic rings. The van der Waals surface area contributed by atoms with Gasteiger partial charge in [-0.2, -0.15) is 0 Å². The molecule has 0 N–H and O–H groups in total. The van der Waals surface area contributed by atoms with Gasteiger partial charge in [0.1, 0.15) is 11.3 Å². The molecule has 13 aromatic rings. The summed E-state index contributed by atoms with van der Waals surface area (Å²) in [6.07, 6.45) is 1.84. The van der Waals surface area contributed by atoms with Crippen molar-refractivity contribution in [3.8, 4) is 56.2 Å². The highest BCUT2D eigenvalue weighted by atomic mass is 16.3. The summed E-state index contributed by atoms with van der Waals surface area (Å²) in [6.45, 7) is 0. The summed E-state index contributed by atoms with van der Waals surface area (Å²) in [5.41, 5.74) is 16.1. The van der Waals surface area contributed by atoms with E-state index in [1.807, 2.05) is 6.07 Å². The van der Waals surface area contributed by atoms with Crippen molar-refractivity contribution in [1.82, 2.24) is 15.0 Å². The molecule has 0 spiro atoms. The summed E-state index contributed by atoms with van der Waals surface area (Å²) < 4.78 is 6.62. The van der Waals surface area contributed by atoms with E-state index in [0.29, 0.717) is 0 Å². The molecule has 0 bridgehead atoms. The Labute approximate surface area is 374 Å². The first-order chi connectivity index (χ1) is 32.2. The minimum absolute atomic E-state index is 0.913. The van der Waals surface area contributed by atoms with Crippen LogP contribution in [0.25, 0.3) is 132 Å². The summed E-state index contributed by atoms with van der Waals surface area (Å²) in [5.74, 6) is 0.991. The molecule has 0 radical (unpaired) electrons. The fourth-order valence-electron chi connectivity index (χ4n) is 10.6. The van der Waals surface area contributed by atoms with Crippen molar-refractivity contribution < 1.29 is 4.42 Å². The lowest BCUT2D eigenvalue weighted by Gasteiger charge is -2.21. The van der Waals surface area contributed by atoms with E-state index in [-0.39, 0.29) is 0 Å². The topological polar surface area (TPSA) is 51.8 Å². The smallest absolute Gasteiger partial charge is 0.139 e. The first-order valence-corrected chi connectivity index (χ1v) is 22.4. The first kappa shape index (κ1) is 36.1. The second kappa shape index (κ2) is 14.0. The van der Waals surface area contributed by atoms with Gasteiger partial charge in [-0.15, -0.1) is 0 Å². The molecule has 0 amide bonds. The number of para-hydroxylation sites is 2. The van der Waals surface area contributed by atoms with Gasteiger partial charge in [0.15, 0.2) is 0 Å². The predicted octanol–water partition coefficient (Wildman–Crippen LogP) is 16.0. The largest absolute Gasteiger partial charge is 0.456 e. The summed E-state index contributed by atoms with van der Waals surface area (Å²) >= 11 is 0. The number of pyridine rings is 3. The van der Waals surface area contributed by atoms with Gasteiger partial charge in [0.2, 0.25) is 0 Å². The number of aryl methyl sites for hydroxylation is 1. The van der Waals surface area contributed by atoms with Crippen molar-refractivity contribution in [1.29, 1.82) is 0 Å². The Morgan fingerprint density at radius 2 is 0.862 bits per heavy atom. The second-order valence-electron chi connectivity index (χ2n) is 17.3. The number of rotatable bonds is 4. The third-order valence-electron chi connectivity index (χ3n) is 13.8. The lowest BCUT2D eigenvalue weighted by atomic mass is 9.84. The number of hydrogen-bond donors (Lipinski definition) is 0. The molecule has 4 aromatic heterocycles. The van der Waals surface area contributed by atoms with Crippen LogP contribution in [0.3, 0.4) is 0 Å². The molecular formula is C61H37N3O. The van der Waals surface area contributed by atoms with Gasteiger partial charge >= 0.3 is 0 Å². The van der Waals surface area contributed by atoms with Gasteiger partial charge in [0, 0.05) is 49.4 Å². The van der Waals surface area contributed by atoms with E-state index >= 15 is 0 Å². The molecule has 302 valence electrons. The Kier molecular flexibility index (Phi) is 7.78. The fourth-order valence-corrected chi connectivity index (χ4v) is 10.6. The van der Waals surface area contributed by atoms with Crippen molar-refractivity contribution in [3.63, 3.8) is 0 Å². The van der Waals surface area contributed by atoms with Gasteiger partial charge in [-0.1, -0.05) is 164 Å². The molecule has 4 heteroatoms. The molecule has 0 fully saturated rings. The standard InChI is InChI=1S/C61H37N3O/c1-2-10-37(11-3-1)53-32-26-39-22-23-40-27-33-54(63-60(40)59(39)62-53)42-25-29-46-45-28-24-41(34-51(45)43-12-4-5-13-44(43)52(46)35-42)36-18-20-38(21-19-36)58-50-31-30-48-47-14-7-9-17-56(47)65-61(48)57(50)49-15-6-8-16-55(49)64-58/h1-29,32-35H,30-31H2. The van der Waals surface area contributed by atoms with E-state index in [0.717, 1.165) is 90.7 Å². The molecule has 9 aromatic carbocycles. The summed E-state index contributed by atoms with van der Waals surface area (Å²) in [7, 11) is 0. The number of nitrogens with zero attached hydrogens (tertiary/aromatic N) is 3. The third kappa shape index (κ3) is 5.60. The highest BCUT2D eigenvalue weighted by Gasteiger charge is 2.28. The number of aromatic nitrogens is 3. The quantitative estimate of drug-likeness (QED) is 0.166. The summed E-state index contributed by atoms with van der Waals surface area (Å²) in [5, 5.41) is 11.9. The lowest BCUT2D eigenvalue weighted by Crippen LogP contribution is -2.06. The Hall–Kier alpha value is -8.47. The summed E-state index contributed by atoms with van der Waals surface area (Å²) in [6, 6.07) is 71.7. The average molecular weight is 828 g/mol. The van der Waals surface area contributed by atoms with Crippen LogP contribution in [0.1, 0.15) is 11.1 Å². The Bertz CT molecular complexity index is 4090. The maximum Gasteiger partial charge on any atom is 0.139 e. The van der Waals surface area contributed by atoms with Crippen molar-refractivity contribution in [2.75, 3.05) is 0 Å². The Morgan fingerprint density at radius 1 is 0.338 bits per heavy atom. The highest BCUT2D eigenvalue weighted by Crippen LogP contribution is 2.46. The minimum Gasteiger partial charge on any atom is -0.456 e. The number of benzene rings is 9. The van der Waals surface area contributed by atoms with Crippen LogP contribution in [-0.2, 0) is 12.8 Å². The van der Waals surface area contributed by atoms with E-state index in [9.17, 15) is 0 Å². The molecule has 4 heterocycles. The highest BCUT2D eigenvalue weighted by molar-refractivity contribution is 6.26. The Morgan fingerprint density at radius 3 is 1.58 bits per heavy atom. The minimum atomic E-state index is 0.913. The predicted molar refractivity (Wildman–Crippen MR) is 269 cm³/mol. The zero-order chi connectivity index (χ0) is 42.6. The van der Waals surface area contributed by atoms with Crippen molar-refractivity contribution >= 4 is 76.0 Å². The van der Waals surface area contributed by atoms with Gasteiger partial charge in [0.05, 0.1) is 33.6 Å². The van der Waals surface area contributed by atoms with E-state index in [1.54, 1.807) is 0 Å². The molecule has 0 unspecified atom stereocenters. The molecule has 0 saturated carbocycles. The number of fused-ring (bicyclic) bond motifs is 16. The van der Waals surface area contributed by atoms with Crippen LogP contribution in [0.15, 0.2) is 205 Å². The van der Waals surface area contributed by atoms with Gasteiger partial charge < -0.3 is 4.42 Å². The molecule has 0 atom stereocenters. The molecule has 1 aliphatic carbocycles. The van der Waals surface area contributed by atoms with Crippen molar-refractivity contribution in [2.45, 2.75) is 12.8 Å². The van der Waals surface area contributed by atoms with Gasteiger partial charge in [-0.05, 0) is 98.2 Å². The van der Waals surface area contributed by atoms with Crippen LogP contribution < -0.4 is 0 Å². The summed E-state index contributed by atoms with van der Waals surface area (Å²) in [4.78, 5) is 15.8. The van der Waals surface area contributed by atoms with Crippen molar-refractivity contribution in [3.05, 3.63) is 211 Å². The van der Waals surface area contributed by atoms with Crippen LogP contribution in [-0.4, -0.2) is 15.0 Å². The zero-order valence-electron chi connectivity index (χ0n) is 35.2. The molecular weight excluding hydrogens is 791 g/mol. The monoisotopic (exact) mass is 827 g/mol. The second-order valence-corrected chi connectivity index (χ2v) is 17.3. The maximum atomic E-state index is 6.62.